The Hall–Kier alpha value is -3.39. The molecule has 4 rings (SSSR count). The van der Waals surface area contributed by atoms with Crippen molar-refractivity contribution in [3.05, 3.63) is 92.6 Å². The number of carbonyl (C=O) groups excluding carboxylic acids is 2. The van der Waals surface area contributed by atoms with Gasteiger partial charge in [-0.25, -0.2) is 13.8 Å². The smallest absolute Gasteiger partial charge is 0.294 e. The van der Waals surface area contributed by atoms with E-state index in [-0.39, 0.29) is 16.1 Å². The lowest BCUT2D eigenvalue weighted by Gasteiger charge is -2.27. The average Bonchev–Trinajstić information content (AvgIpc) is 3.20. The van der Waals surface area contributed by atoms with E-state index in [9.17, 15) is 23.5 Å². The van der Waals surface area contributed by atoms with Crippen molar-refractivity contribution in [3.8, 4) is 0 Å². The van der Waals surface area contributed by atoms with Gasteiger partial charge >= 0.3 is 0 Å². The van der Waals surface area contributed by atoms with Crippen molar-refractivity contribution < 1.29 is 23.5 Å². The predicted molar refractivity (Wildman–Crippen MR) is 109 cm³/mol. The molecule has 152 valence electrons. The van der Waals surface area contributed by atoms with E-state index in [0.29, 0.717) is 16.3 Å². The van der Waals surface area contributed by atoms with Crippen LogP contribution >= 0.6 is 11.3 Å². The number of hydrogen-bond acceptors (Lipinski definition) is 5. The standard InChI is InChI=1S/C22H16F2N2O3S/c1-11-21(30-12(2)25-11)19(27)17-18(13-6-4-3-5-7-13)26(22(29)20(17)28)16-10-14(23)8-9-15(16)24/h3-10,18,28H,1-2H3. The van der Waals surface area contributed by atoms with Crippen LogP contribution in [0.1, 0.15) is 32.0 Å². The molecular weight excluding hydrogens is 410 g/mol. The Kier molecular flexibility index (Phi) is 4.95. The van der Waals surface area contributed by atoms with Gasteiger partial charge in [0.05, 0.1) is 32.9 Å². The van der Waals surface area contributed by atoms with Crippen molar-refractivity contribution in [1.29, 1.82) is 0 Å². The summed E-state index contributed by atoms with van der Waals surface area (Å²) >= 11 is 1.14. The van der Waals surface area contributed by atoms with Crippen molar-refractivity contribution in [3.63, 3.8) is 0 Å². The van der Waals surface area contributed by atoms with Gasteiger partial charge < -0.3 is 5.11 Å². The van der Waals surface area contributed by atoms with Crippen molar-refractivity contribution in [2.45, 2.75) is 19.9 Å². The van der Waals surface area contributed by atoms with Gasteiger partial charge in [0.15, 0.2) is 5.76 Å². The summed E-state index contributed by atoms with van der Waals surface area (Å²) in [5, 5.41) is 11.3. The van der Waals surface area contributed by atoms with Crippen molar-refractivity contribution in [1.82, 2.24) is 4.98 Å². The largest absolute Gasteiger partial charge is 0.503 e. The highest BCUT2D eigenvalue weighted by Gasteiger charge is 2.46. The molecule has 0 bridgehead atoms. The van der Waals surface area contributed by atoms with Crippen LogP contribution in [0, 0.1) is 25.5 Å². The van der Waals surface area contributed by atoms with Gasteiger partial charge in [0.1, 0.15) is 11.6 Å². The molecule has 8 heteroatoms. The second-order valence-corrected chi connectivity index (χ2v) is 8.03. The molecule has 1 amide bonds. The summed E-state index contributed by atoms with van der Waals surface area (Å²) in [5.41, 5.74) is 0.389. The molecule has 2 heterocycles. The summed E-state index contributed by atoms with van der Waals surface area (Å²) in [6.45, 7) is 3.40. The molecule has 1 aliphatic rings. The van der Waals surface area contributed by atoms with Crippen LogP contribution in [0.2, 0.25) is 0 Å². The van der Waals surface area contributed by atoms with Gasteiger partial charge in [-0.05, 0) is 31.5 Å². The molecule has 0 saturated carbocycles. The molecule has 2 aromatic carbocycles. The third kappa shape index (κ3) is 3.19. The Morgan fingerprint density at radius 2 is 1.83 bits per heavy atom. The molecule has 3 aromatic rings. The molecule has 0 fully saturated rings. The Balaban J connectivity index is 1.92. The molecular formula is C22H16F2N2O3S. The fourth-order valence-electron chi connectivity index (χ4n) is 3.57. The first-order valence-corrected chi connectivity index (χ1v) is 9.86. The second kappa shape index (κ2) is 7.46. The van der Waals surface area contributed by atoms with Crippen molar-refractivity contribution in [2.24, 2.45) is 0 Å². The molecule has 5 nitrogen and oxygen atoms in total. The third-order valence-corrected chi connectivity index (χ3v) is 5.92. The van der Waals surface area contributed by atoms with Crippen LogP contribution < -0.4 is 4.90 Å². The number of benzene rings is 2. The molecule has 1 N–H and O–H groups in total. The predicted octanol–water partition coefficient (Wildman–Crippen LogP) is 4.82. The fourth-order valence-corrected chi connectivity index (χ4v) is 4.45. The van der Waals surface area contributed by atoms with Gasteiger partial charge in [-0.1, -0.05) is 30.3 Å². The molecule has 1 unspecified atom stereocenters. The highest BCUT2D eigenvalue weighted by molar-refractivity contribution is 7.14. The normalized spacial score (nSPS) is 16.5. The Labute approximate surface area is 174 Å². The number of aryl methyl sites for hydroxylation is 2. The van der Waals surface area contributed by atoms with Crippen LogP contribution in [0.15, 0.2) is 59.9 Å². The van der Waals surface area contributed by atoms with Crippen LogP contribution in [0.4, 0.5) is 14.5 Å². The number of aliphatic hydroxyl groups excluding tert-OH is 1. The van der Waals surface area contributed by atoms with E-state index in [1.54, 1.807) is 44.2 Å². The number of amides is 1. The maximum absolute atomic E-state index is 14.6. The van der Waals surface area contributed by atoms with Gasteiger partial charge in [-0.2, -0.15) is 0 Å². The number of carbonyl (C=O) groups is 2. The Bertz CT molecular complexity index is 1200. The van der Waals surface area contributed by atoms with Crippen molar-refractivity contribution in [2.75, 3.05) is 4.90 Å². The topological polar surface area (TPSA) is 70.5 Å². The average molecular weight is 426 g/mol. The number of aliphatic hydroxyl groups is 1. The molecule has 1 aliphatic heterocycles. The van der Waals surface area contributed by atoms with E-state index < -0.39 is 35.1 Å². The third-order valence-electron chi connectivity index (χ3n) is 4.85. The van der Waals surface area contributed by atoms with E-state index >= 15 is 0 Å². The first kappa shape index (κ1) is 19.9. The second-order valence-electron chi connectivity index (χ2n) is 6.82. The van der Waals surface area contributed by atoms with Crippen LogP contribution in [-0.4, -0.2) is 21.8 Å². The fraction of sp³-hybridized carbons (Fsp3) is 0.136. The number of nitrogens with zero attached hydrogens (tertiary/aromatic N) is 2. The number of halogens is 2. The van der Waals surface area contributed by atoms with Gasteiger partial charge in [0.25, 0.3) is 5.91 Å². The van der Waals surface area contributed by atoms with E-state index in [4.69, 9.17) is 0 Å². The number of ketones is 1. The van der Waals surface area contributed by atoms with Gasteiger partial charge in [-0.3, -0.25) is 14.5 Å². The van der Waals surface area contributed by atoms with Gasteiger partial charge in [0, 0.05) is 6.07 Å². The van der Waals surface area contributed by atoms with E-state index in [0.717, 1.165) is 34.4 Å². The number of Topliss-reactive ketones (excluding diaryl/α,β-unsaturated/α-hetero) is 1. The van der Waals surface area contributed by atoms with Crippen molar-refractivity contribution >= 4 is 28.7 Å². The molecule has 30 heavy (non-hydrogen) atoms. The lowest BCUT2D eigenvalue weighted by Crippen LogP contribution is -2.32. The number of rotatable bonds is 4. The minimum Gasteiger partial charge on any atom is -0.503 e. The van der Waals surface area contributed by atoms with Crippen LogP contribution in [-0.2, 0) is 4.79 Å². The molecule has 0 spiro atoms. The SMILES string of the molecule is Cc1nc(C)c(C(=O)C2=C(O)C(=O)N(c3cc(F)ccc3F)C2c2ccccc2)s1. The number of aromatic nitrogens is 1. The van der Waals surface area contributed by atoms with Crippen LogP contribution in [0.25, 0.3) is 0 Å². The number of hydrogen-bond donors (Lipinski definition) is 1. The van der Waals surface area contributed by atoms with Crippen LogP contribution in [0.3, 0.4) is 0 Å². The van der Waals surface area contributed by atoms with Gasteiger partial charge in [-0.15, -0.1) is 11.3 Å². The first-order chi connectivity index (χ1) is 14.3. The maximum atomic E-state index is 14.6. The van der Waals surface area contributed by atoms with E-state index in [2.05, 4.69) is 4.98 Å². The first-order valence-electron chi connectivity index (χ1n) is 9.05. The summed E-state index contributed by atoms with van der Waals surface area (Å²) in [7, 11) is 0. The molecule has 0 aliphatic carbocycles. The monoisotopic (exact) mass is 426 g/mol. The van der Waals surface area contributed by atoms with Gasteiger partial charge in [0.2, 0.25) is 5.78 Å². The number of anilines is 1. The quantitative estimate of drug-likeness (QED) is 0.607. The zero-order valence-corrected chi connectivity index (χ0v) is 16.8. The summed E-state index contributed by atoms with van der Waals surface area (Å²) in [4.78, 5) is 31.7. The summed E-state index contributed by atoms with van der Waals surface area (Å²) in [5.74, 6) is -3.94. The minimum atomic E-state index is -1.12. The number of thiazole rings is 1. The van der Waals surface area contributed by atoms with E-state index in [1.165, 1.54) is 0 Å². The summed E-state index contributed by atoms with van der Waals surface area (Å²) < 4.78 is 28.5. The Morgan fingerprint density at radius 1 is 1.13 bits per heavy atom. The molecule has 1 atom stereocenters. The highest BCUT2D eigenvalue weighted by Crippen LogP contribution is 2.43. The van der Waals surface area contributed by atoms with E-state index in [1.807, 2.05) is 0 Å². The van der Waals surface area contributed by atoms with Crippen LogP contribution in [0.5, 0.6) is 0 Å². The molecule has 0 saturated heterocycles. The lowest BCUT2D eigenvalue weighted by molar-refractivity contribution is -0.117. The zero-order valence-electron chi connectivity index (χ0n) is 16.0. The maximum Gasteiger partial charge on any atom is 0.294 e. The highest BCUT2D eigenvalue weighted by atomic mass is 32.1. The summed E-state index contributed by atoms with van der Waals surface area (Å²) in [6.07, 6.45) is 0. The molecule has 1 aromatic heterocycles. The zero-order chi connectivity index (χ0) is 21.6. The summed E-state index contributed by atoms with van der Waals surface area (Å²) in [6, 6.07) is 10.0. The minimum absolute atomic E-state index is 0.193. The Morgan fingerprint density at radius 3 is 2.47 bits per heavy atom. The molecule has 0 radical (unpaired) electrons. The lowest BCUT2D eigenvalue weighted by atomic mass is 9.95.